The molecule has 0 amide bonds. The van der Waals surface area contributed by atoms with Gasteiger partial charge in [-0.15, -0.1) is 5.10 Å². The van der Waals surface area contributed by atoms with E-state index in [9.17, 15) is 0 Å². The van der Waals surface area contributed by atoms with Crippen LogP contribution in [0.4, 0.5) is 0 Å². The number of thioether (sulfide) groups is 1. The summed E-state index contributed by atoms with van der Waals surface area (Å²) in [4.78, 5) is 4.31. The molecule has 0 saturated heterocycles. The van der Waals surface area contributed by atoms with Crippen molar-refractivity contribution in [2.75, 3.05) is 6.26 Å². The zero-order chi connectivity index (χ0) is 9.26. The molecule has 0 aliphatic carbocycles. The third kappa shape index (κ3) is 1.64. The summed E-state index contributed by atoms with van der Waals surface area (Å²) in [5.41, 5.74) is 0.802. The van der Waals surface area contributed by atoms with Crippen LogP contribution in [0.1, 0.15) is 5.82 Å². The molecule has 0 N–H and O–H groups in total. The van der Waals surface area contributed by atoms with Gasteiger partial charge in [-0.2, -0.15) is 11.8 Å². The van der Waals surface area contributed by atoms with Crippen LogP contribution in [-0.4, -0.2) is 20.9 Å². The second-order valence-corrected chi connectivity index (χ2v) is 3.83. The van der Waals surface area contributed by atoms with Crippen LogP contribution in [0.5, 0.6) is 0 Å². The average Bonchev–Trinajstić information content (AvgIpc) is 2.49. The molecule has 3 nitrogen and oxygen atoms in total. The van der Waals surface area contributed by atoms with Crippen molar-refractivity contribution in [1.29, 1.82) is 0 Å². The Bertz CT molecular complexity index is 426. The maximum Gasteiger partial charge on any atom is 0.161 e. The molecule has 0 unspecified atom stereocenters. The first-order valence-electron chi connectivity index (χ1n) is 3.80. The molecule has 0 aliphatic heterocycles. The molecule has 0 aliphatic rings. The Kier molecular flexibility index (Phi) is 2.42. The Balaban J connectivity index is 2.55. The number of nitrogens with zero attached hydrogens (tertiary/aromatic N) is 3. The van der Waals surface area contributed by atoms with Crippen molar-refractivity contribution in [3.63, 3.8) is 0 Å². The molecule has 68 valence electrons. The molecule has 2 aromatic rings. The van der Waals surface area contributed by atoms with E-state index in [1.165, 1.54) is 0 Å². The second-order valence-electron chi connectivity index (χ2n) is 2.58. The van der Waals surface area contributed by atoms with Gasteiger partial charge >= 0.3 is 0 Å². The van der Waals surface area contributed by atoms with Crippen LogP contribution in [0, 0.1) is 0 Å². The Hall–Kier alpha value is -0.740. The lowest BCUT2D eigenvalue weighted by atomic mass is 10.5. The first-order valence-corrected chi connectivity index (χ1v) is 5.57. The summed E-state index contributed by atoms with van der Waals surface area (Å²) in [5.74, 6) is 1.64. The Morgan fingerprint density at radius 1 is 1.54 bits per heavy atom. The third-order valence-electron chi connectivity index (χ3n) is 1.63. The van der Waals surface area contributed by atoms with Gasteiger partial charge in [-0.3, -0.25) is 0 Å². The minimum Gasteiger partial charge on any atom is -0.211 e. The fraction of sp³-hybridized carbons (Fsp3) is 0.250. The predicted octanol–water partition coefficient (Wildman–Crippen LogP) is 2.25. The van der Waals surface area contributed by atoms with Crippen molar-refractivity contribution < 1.29 is 0 Å². The van der Waals surface area contributed by atoms with Gasteiger partial charge in [-0.25, -0.2) is 9.50 Å². The molecule has 13 heavy (non-hydrogen) atoms. The minimum atomic E-state index is 0.595. The summed E-state index contributed by atoms with van der Waals surface area (Å²) in [7, 11) is 0. The molecule has 0 bridgehead atoms. The van der Waals surface area contributed by atoms with Crippen LogP contribution < -0.4 is 0 Å². The number of pyridine rings is 1. The van der Waals surface area contributed by atoms with Crippen molar-refractivity contribution in [3.05, 3.63) is 29.2 Å². The van der Waals surface area contributed by atoms with Crippen molar-refractivity contribution >= 4 is 29.0 Å². The topological polar surface area (TPSA) is 30.2 Å². The summed E-state index contributed by atoms with van der Waals surface area (Å²) >= 11 is 7.62. The van der Waals surface area contributed by atoms with E-state index in [2.05, 4.69) is 10.1 Å². The lowest BCUT2D eigenvalue weighted by Crippen LogP contribution is -1.88. The molecule has 2 aromatic heterocycles. The van der Waals surface area contributed by atoms with Crippen molar-refractivity contribution in [2.24, 2.45) is 0 Å². The highest BCUT2D eigenvalue weighted by Crippen LogP contribution is 2.12. The Morgan fingerprint density at radius 2 is 2.38 bits per heavy atom. The van der Waals surface area contributed by atoms with E-state index in [0.717, 1.165) is 17.2 Å². The van der Waals surface area contributed by atoms with Crippen molar-refractivity contribution in [3.8, 4) is 0 Å². The molecule has 2 rings (SSSR count). The highest BCUT2D eigenvalue weighted by Gasteiger charge is 2.03. The van der Waals surface area contributed by atoms with Gasteiger partial charge in [0.25, 0.3) is 0 Å². The van der Waals surface area contributed by atoms with Gasteiger partial charge in [0.05, 0.1) is 5.75 Å². The van der Waals surface area contributed by atoms with E-state index in [4.69, 9.17) is 11.6 Å². The standard InChI is InChI=1S/C8H8ClN3S/c1-13-5-7-10-8-4-2-3-6(9)12(8)11-7/h2-4H,5H2,1H3. The van der Waals surface area contributed by atoms with Gasteiger partial charge < -0.3 is 0 Å². The van der Waals surface area contributed by atoms with Crippen molar-refractivity contribution in [1.82, 2.24) is 14.6 Å². The molecular formula is C8H8ClN3S. The maximum atomic E-state index is 5.92. The van der Waals surface area contributed by atoms with E-state index in [1.54, 1.807) is 22.3 Å². The van der Waals surface area contributed by atoms with Crippen LogP contribution in [-0.2, 0) is 5.75 Å². The van der Waals surface area contributed by atoms with E-state index in [1.807, 2.05) is 18.4 Å². The highest BCUT2D eigenvalue weighted by molar-refractivity contribution is 7.97. The fourth-order valence-electron chi connectivity index (χ4n) is 1.11. The lowest BCUT2D eigenvalue weighted by molar-refractivity contribution is 0.925. The third-order valence-corrected chi connectivity index (χ3v) is 2.46. The number of halogens is 1. The molecule has 0 aromatic carbocycles. The molecule has 5 heteroatoms. The van der Waals surface area contributed by atoms with Crippen LogP contribution in [0.15, 0.2) is 18.2 Å². The monoisotopic (exact) mass is 213 g/mol. The highest BCUT2D eigenvalue weighted by atomic mass is 35.5. The number of aromatic nitrogens is 3. The summed E-state index contributed by atoms with van der Waals surface area (Å²) in [6.45, 7) is 0. The number of hydrogen-bond donors (Lipinski definition) is 0. The summed E-state index contributed by atoms with van der Waals surface area (Å²) < 4.78 is 1.65. The van der Waals surface area contributed by atoms with E-state index in [0.29, 0.717) is 5.15 Å². The average molecular weight is 214 g/mol. The molecule has 2 heterocycles. The first kappa shape index (κ1) is 8.84. The Labute approximate surface area is 85.1 Å². The van der Waals surface area contributed by atoms with Gasteiger partial charge in [0, 0.05) is 0 Å². The first-order chi connectivity index (χ1) is 6.31. The van der Waals surface area contributed by atoms with Crippen LogP contribution >= 0.6 is 23.4 Å². The van der Waals surface area contributed by atoms with E-state index in [-0.39, 0.29) is 0 Å². The molecular weight excluding hydrogens is 206 g/mol. The van der Waals surface area contributed by atoms with E-state index >= 15 is 0 Å². The number of rotatable bonds is 2. The molecule has 0 radical (unpaired) electrons. The fourth-order valence-corrected chi connectivity index (χ4v) is 1.69. The van der Waals surface area contributed by atoms with Gasteiger partial charge in [-0.05, 0) is 18.4 Å². The van der Waals surface area contributed by atoms with Gasteiger partial charge in [0.15, 0.2) is 11.5 Å². The molecule has 0 spiro atoms. The summed E-state index contributed by atoms with van der Waals surface area (Å²) in [6.07, 6.45) is 2.02. The molecule has 0 atom stereocenters. The van der Waals surface area contributed by atoms with Gasteiger partial charge in [-0.1, -0.05) is 17.7 Å². The SMILES string of the molecule is CSCc1nc2cccc(Cl)n2n1. The van der Waals surface area contributed by atoms with Crippen LogP contribution in [0.2, 0.25) is 5.15 Å². The number of hydrogen-bond acceptors (Lipinski definition) is 3. The lowest BCUT2D eigenvalue weighted by Gasteiger charge is -1.91. The second kappa shape index (κ2) is 3.55. The number of fused-ring (bicyclic) bond motifs is 1. The predicted molar refractivity (Wildman–Crippen MR) is 55.2 cm³/mol. The van der Waals surface area contributed by atoms with Crippen LogP contribution in [0.25, 0.3) is 5.65 Å². The van der Waals surface area contributed by atoms with E-state index < -0.39 is 0 Å². The zero-order valence-corrected chi connectivity index (χ0v) is 8.64. The quantitative estimate of drug-likeness (QED) is 0.717. The summed E-state index contributed by atoms with van der Waals surface area (Å²) in [6, 6.07) is 5.56. The maximum absolute atomic E-state index is 5.92. The zero-order valence-electron chi connectivity index (χ0n) is 7.07. The smallest absolute Gasteiger partial charge is 0.161 e. The summed E-state index contributed by atoms with van der Waals surface area (Å²) in [5, 5.41) is 4.85. The minimum absolute atomic E-state index is 0.595. The van der Waals surface area contributed by atoms with Crippen LogP contribution in [0.3, 0.4) is 0 Å². The normalized spacial score (nSPS) is 10.9. The largest absolute Gasteiger partial charge is 0.211 e. The Morgan fingerprint density at radius 3 is 3.08 bits per heavy atom. The van der Waals surface area contributed by atoms with Gasteiger partial charge in [0.1, 0.15) is 5.15 Å². The van der Waals surface area contributed by atoms with Gasteiger partial charge in [0.2, 0.25) is 0 Å². The van der Waals surface area contributed by atoms with Crippen molar-refractivity contribution in [2.45, 2.75) is 5.75 Å². The molecule has 0 saturated carbocycles. The molecule has 0 fully saturated rings.